The van der Waals surface area contributed by atoms with Crippen LogP contribution in [0.3, 0.4) is 0 Å². The molecule has 0 aliphatic heterocycles. The zero-order chi connectivity index (χ0) is 12.1. The third-order valence-electron chi connectivity index (χ3n) is 1.99. The van der Waals surface area contributed by atoms with E-state index in [-0.39, 0.29) is 12.5 Å². The van der Waals surface area contributed by atoms with Crippen LogP contribution in [-0.2, 0) is 9.53 Å². The van der Waals surface area contributed by atoms with Gasteiger partial charge in [-0.3, -0.25) is 4.79 Å². The van der Waals surface area contributed by atoms with E-state index in [1.165, 1.54) is 7.11 Å². The predicted molar refractivity (Wildman–Crippen MR) is 69.0 cm³/mol. The number of nitrogens with zero attached hydrogens (tertiary/aromatic N) is 1. The number of anilines is 2. The lowest BCUT2D eigenvalue weighted by Gasteiger charge is -2.18. The topological polar surface area (TPSA) is 41.6 Å². The molecule has 0 atom stereocenters. The van der Waals surface area contributed by atoms with Crippen molar-refractivity contribution in [1.82, 2.24) is 0 Å². The van der Waals surface area contributed by atoms with Gasteiger partial charge in [0.1, 0.15) is 6.61 Å². The van der Waals surface area contributed by atoms with Crippen LogP contribution in [0.15, 0.2) is 22.7 Å². The van der Waals surface area contributed by atoms with Gasteiger partial charge in [-0.25, -0.2) is 0 Å². The fourth-order valence-electron chi connectivity index (χ4n) is 1.32. The molecule has 0 aliphatic rings. The molecule has 5 heteroatoms. The quantitative estimate of drug-likeness (QED) is 0.922. The standard InChI is InChI=1S/C11H15BrN2O2/c1-14(2)10-5-4-8(12)6-9(10)13-11(15)7-16-3/h4-6H,7H2,1-3H3,(H,13,15). The molecule has 0 heterocycles. The Morgan fingerprint density at radius 2 is 2.19 bits per heavy atom. The van der Waals surface area contributed by atoms with Crippen LogP contribution in [0, 0.1) is 0 Å². The lowest BCUT2D eigenvalue weighted by atomic mass is 10.2. The van der Waals surface area contributed by atoms with Crippen molar-refractivity contribution < 1.29 is 9.53 Å². The molecule has 16 heavy (non-hydrogen) atoms. The third kappa shape index (κ3) is 3.50. The van der Waals surface area contributed by atoms with Crippen molar-refractivity contribution in [2.45, 2.75) is 0 Å². The number of benzene rings is 1. The minimum atomic E-state index is -0.163. The maximum absolute atomic E-state index is 11.4. The number of halogens is 1. The molecular weight excluding hydrogens is 272 g/mol. The Kier molecular flexibility index (Phi) is 4.76. The van der Waals surface area contributed by atoms with Gasteiger partial charge in [0.05, 0.1) is 11.4 Å². The van der Waals surface area contributed by atoms with E-state index in [4.69, 9.17) is 4.74 Å². The summed E-state index contributed by atoms with van der Waals surface area (Å²) < 4.78 is 5.69. The molecule has 0 bridgehead atoms. The highest BCUT2D eigenvalue weighted by atomic mass is 79.9. The zero-order valence-corrected chi connectivity index (χ0v) is 11.2. The summed E-state index contributed by atoms with van der Waals surface area (Å²) in [6, 6.07) is 5.73. The highest BCUT2D eigenvalue weighted by Crippen LogP contribution is 2.27. The Bertz CT molecular complexity index is 380. The first kappa shape index (κ1) is 13.0. The van der Waals surface area contributed by atoms with Crippen LogP contribution < -0.4 is 10.2 Å². The van der Waals surface area contributed by atoms with Crippen LogP contribution in [0.1, 0.15) is 0 Å². The summed E-state index contributed by atoms with van der Waals surface area (Å²) in [7, 11) is 5.35. The lowest BCUT2D eigenvalue weighted by molar-refractivity contribution is -0.119. The van der Waals surface area contributed by atoms with Crippen molar-refractivity contribution in [1.29, 1.82) is 0 Å². The molecule has 0 fully saturated rings. The van der Waals surface area contributed by atoms with Gasteiger partial charge < -0.3 is 15.0 Å². The van der Waals surface area contributed by atoms with E-state index < -0.39 is 0 Å². The molecule has 0 saturated carbocycles. The average molecular weight is 287 g/mol. The van der Waals surface area contributed by atoms with E-state index >= 15 is 0 Å². The van der Waals surface area contributed by atoms with Gasteiger partial charge >= 0.3 is 0 Å². The maximum atomic E-state index is 11.4. The van der Waals surface area contributed by atoms with E-state index in [0.717, 1.165) is 15.8 Å². The summed E-state index contributed by atoms with van der Waals surface area (Å²) in [5.74, 6) is -0.163. The van der Waals surface area contributed by atoms with Crippen molar-refractivity contribution in [3.8, 4) is 0 Å². The molecule has 88 valence electrons. The van der Waals surface area contributed by atoms with Crippen LogP contribution in [0.4, 0.5) is 11.4 Å². The van der Waals surface area contributed by atoms with E-state index in [1.807, 2.05) is 37.2 Å². The molecule has 1 N–H and O–H groups in total. The minimum Gasteiger partial charge on any atom is -0.376 e. The van der Waals surface area contributed by atoms with Gasteiger partial charge in [-0.2, -0.15) is 0 Å². The first-order valence-electron chi connectivity index (χ1n) is 4.80. The Morgan fingerprint density at radius 1 is 1.50 bits per heavy atom. The lowest BCUT2D eigenvalue weighted by Crippen LogP contribution is -2.19. The second kappa shape index (κ2) is 5.86. The van der Waals surface area contributed by atoms with Crippen molar-refractivity contribution >= 4 is 33.2 Å². The molecule has 1 rings (SSSR count). The first-order valence-corrected chi connectivity index (χ1v) is 5.59. The average Bonchev–Trinajstić information content (AvgIpc) is 2.17. The summed E-state index contributed by atoms with van der Waals surface area (Å²) in [5, 5.41) is 2.80. The fourth-order valence-corrected chi connectivity index (χ4v) is 1.68. The normalized spacial score (nSPS) is 10.0. The highest BCUT2D eigenvalue weighted by Gasteiger charge is 2.08. The molecule has 1 aromatic carbocycles. The number of nitrogens with one attached hydrogen (secondary N) is 1. The van der Waals surface area contributed by atoms with Gasteiger partial charge in [0, 0.05) is 25.7 Å². The summed E-state index contributed by atoms with van der Waals surface area (Å²) in [4.78, 5) is 13.4. The molecular formula is C11H15BrN2O2. The number of ether oxygens (including phenoxy) is 1. The molecule has 0 aliphatic carbocycles. The third-order valence-corrected chi connectivity index (χ3v) is 2.48. The SMILES string of the molecule is COCC(=O)Nc1cc(Br)ccc1N(C)C. The Balaban J connectivity index is 2.92. The molecule has 0 unspecified atom stereocenters. The smallest absolute Gasteiger partial charge is 0.250 e. The van der Waals surface area contributed by atoms with Crippen molar-refractivity contribution in [2.24, 2.45) is 0 Å². The number of hydrogen-bond acceptors (Lipinski definition) is 3. The molecule has 4 nitrogen and oxygen atoms in total. The number of methoxy groups -OCH3 is 1. The second-order valence-electron chi connectivity index (χ2n) is 3.54. The number of carbonyl (C=O) groups excluding carboxylic acids is 1. The summed E-state index contributed by atoms with van der Waals surface area (Å²) in [6.07, 6.45) is 0. The largest absolute Gasteiger partial charge is 0.376 e. The summed E-state index contributed by atoms with van der Waals surface area (Å²) >= 11 is 3.37. The van der Waals surface area contributed by atoms with Crippen molar-refractivity contribution in [3.05, 3.63) is 22.7 Å². The Morgan fingerprint density at radius 3 is 2.75 bits per heavy atom. The number of hydrogen-bond donors (Lipinski definition) is 1. The van der Waals surface area contributed by atoms with E-state index in [9.17, 15) is 4.79 Å². The van der Waals surface area contributed by atoms with Gasteiger partial charge in [0.15, 0.2) is 0 Å². The van der Waals surface area contributed by atoms with Crippen LogP contribution in [0.2, 0.25) is 0 Å². The molecule has 0 radical (unpaired) electrons. The predicted octanol–water partition coefficient (Wildman–Crippen LogP) is 2.10. The van der Waals surface area contributed by atoms with E-state index in [1.54, 1.807) is 0 Å². The van der Waals surface area contributed by atoms with Crippen LogP contribution in [0.5, 0.6) is 0 Å². The van der Waals surface area contributed by atoms with Gasteiger partial charge in [0.25, 0.3) is 0 Å². The zero-order valence-electron chi connectivity index (χ0n) is 9.58. The van der Waals surface area contributed by atoms with Crippen molar-refractivity contribution in [2.75, 3.05) is 38.0 Å². The number of rotatable bonds is 4. The second-order valence-corrected chi connectivity index (χ2v) is 4.45. The van der Waals surface area contributed by atoms with Crippen LogP contribution in [-0.4, -0.2) is 33.7 Å². The minimum absolute atomic E-state index is 0.0549. The first-order chi connectivity index (χ1) is 7.54. The van der Waals surface area contributed by atoms with Crippen molar-refractivity contribution in [3.63, 3.8) is 0 Å². The molecule has 0 aromatic heterocycles. The number of amides is 1. The molecule has 1 amide bonds. The highest BCUT2D eigenvalue weighted by molar-refractivity contribution is 9.10. The van der Waals surface area contributed by atoms with Gasteiger partial charge in [-0.05, 0) is 18.2 Å². The molecule has 0 saturated heterocycles. The van der Waals surface area contributed by atoms with Gasteiger partial charge in [-0.1, -0.05) is 15.9 Å². The van der Waals surface area contributed by atoms with E-state index in [0.29, 0.717) is 0 Å². The van der Waals surface area contributed by atoms with E-state index in [2.05, 4.69) is 21.2 Å². The van der Waals surface area contributed by atoms with Gasteiger partial charge in [0.2, 0.25) is 5.91 Å². The number of carbonyl (C=O) groups is 1. The monoisotopic (exact) mass is 286 g/mol. The summed E-state index contributed by atoms with van der Waals surface area (Å²) in [5.41, 5.74) is 1.72. The maximum Gasteiger partial charge on any atom is 0.250 e. The Labute approximate surface area is 104 Å². The van der Waals surface area contributed by atoms with Crippen LogP contribution >= 0.6 is 15.9 Å². The molecule has 0 spiro atoms. The fraction of sp³-hybridized carbons (Fsp3) is 0.364. The van der Waals surface area contributed by atoms with Crippen LogP contribution in [0.25, 0.3) is 0 Å². The Hall–Kier alpha value is -1.07. The van der Waals surface area contributed by atoms with Gasteiger partial charge in [-0.15, -0.1) is 0 Å². The summed E-state index contributed by atoms with van der Waals surface area (Å²) in [6.45, 7) is 0.0549. The molecule has 1 aromatic rings.